The molecule has 0 bridgehead atoms. The van der Waals surface area contributed by atoms with Crippen LogP contribution in [0.1, 0.15) is 48.5 Å². The van der Waals surface area contributed by atoms with Gasteiger partial charge in [-0.05, 0) is 23.8 Å². The first kappa shape index (κ1) is 24.7. The SMILES string of the molecule is COc1cc(OC)c(C(=O)CC(C(=O)OP)C(CC(C)C)c2ccccc2)c(OC)c1. The average Bonchev–Trinajstić information content (AvgIpc) is 2.79. The zero-order chi connectivity index (χ0) is 23.0. The van der Waals surface area contributed by atoms with Gasteiger partial charge in [-0.2, -0.15) is 0 Å². The first-order valence-electron chi connectivity index (χ1n) is 10.1. The Labute approximate surface area is 186 Å². The molecule has 2 rings (SSSR count). The smallest absolute Gasteiger partial charge is 0.312 e. The summed E-state index contributed by atoms with van der Waals surface area (Å²) in [6.07, 6.45) is 0.692. The fourth-order valence-corrected chi connectivity index (χ4v) is 3.98. The van der Waals surface area contributed by atoms with Crippen molar-refractivity contribution in [2.24, 2.45) is 11.8 Å². The maximum Gasteiger partial charge on any atom is 0.312 e. The van der Waals surface area contributed by atoms with Crippen LogP contribution in [-0.4, -0.2) is 33.1 Å². The van der Waals surface area contributed by atoms with Crippen LogP contribution in [0.25, 0.3) is 0 Å². The van der Waals surface area contributed by atoms with Crippen LogP contribution in [0.4, 0.5) is 0 Å². The van der Waals surface area contributed by atoms with E-state index in [1.54, 1.807) is 12.1 Å². The van der Waals surface area contributed by atoms with E-state index in [1.807, 2.05) is 39.8 Å². The number of ketones is 1. The Morgan fingerprint density at radius 2 is 1.52 bits per heavy atom. The van der Waals surface area contributed by atoms with Crippen molar-refractivity contribution in [2.75, 3.05) is 21.3 Å². The van der Waals surface area contributed by atoms with Gasteiger partial charge in [0.25, 0.3) is 0 Å². The van der Waals surface area contributed by atoms with Gasteiger partial charge in [0.1, 0.15) is 22.8 Å². The lowest BCUT2D eigenvalue weighted by Gasteiger charge is -2.27. The monoisotopic (exact) mass is 446 g/mol. The Morgan fingerprint density at radius 1 is 0.935 bits per heavy atom. The number of carbonyl (C=O) groups excluding carboxylic acids is 2. The van der Waals surface area contributed by atoms with E-state index in [2.05, 4.69) is 13.8 Å². The summed E-state index contributed by atoms with van der Waals surface area (Å²) in [5, 5.41) is 0. The molecule has 0 radical (unpaired) electrons. The Hall–Kier alpha value is -2.59. The molecule has 0 N–H and O–H groups in total. The topological polar surface area (TPSA) is 71.1 Å². The van der Waals surface area contributed by atoms with E-state index >= 15 is 0 Å². The van der Waals surface area contributed by atoms with Crippen molar-refractivity contribution in [3.05, 3.63) is 53.6 Å². The molecule has 2 aromatic carbocycles. The van der Waals surface area contributed by atoms with Gasteiger partial charge in [-0.1, -0.05) is 44.2 Å². The Balaban J connectivity index is 2.49. The standard InChI is InChI=1S/C24H31O6P/c1-15(2)11-18(16-9-7-6-8-10-16)19(24(26)30-31)14-20(25)23-21(28-4)12-17(27-3)13-22(23)29-5/h6-10,12-13,15,18-19H,11,14,31H2,1-5H3. The molecule has 0 aliphatic heterocycles. The minimum absolute atomic E-state index is 0.0431. The first-order valence-corrected chi connectivity index (χ1v) is 10.6. The predicted octanol–water partition coefficient (Wildman–Crippen LogP) is 5.06. The summed E-state index contributed by atoms with van der Waals surface area (Å²) < 4.78 is 21.1. The molecule has 0 aliphatic rings. The fourth-order valence-electron chi connectivity index (χ4n) is 3.80. The molecular formula is C24H31O6P. The van der Waals surface area contributed by atoms with E-state index in [0.29, 0.717) is 23.2 Å². The highest BCUT2D eigenvalue weighted by Crippen LogP contribution is 2.39. The lowest BCUT2D eigenvalue weighted by atomic mass is 9.77. The summed E-state index contributed by atoms with van der Waals surface area (Å²) in [6, 6.07) is 13.0. The van der Waals surface area contributed by atoms with E-state index in [4.69, 9.17) is 18.7 Å². The largest absolute Gasteiger partial charge is 0.496 e. The number of hydrogen-bond donors (Lipinski definition) is 0. The predicted molar refractivity (Wildman–Crippen MR) is 123 cm³/mol. The van der Waals surface area contributed by atoms with E-state index in [-0.39, 0.29) is 23.7 Å². The number of rotatable bonds is 11. The van der Waals surface area contributed by atoms with Crippen molar-refractivity contribution < 1.29 is 28.3 Å². The van der Waals surface area contributed by atoms with Crippen LogP contribution in [0.3, 0.4) is 0 Å². The Bertz CT molecular complexity index is 856. The molecular weight excluding hydrogens is 415 g/mol. The quantitative estimate of drug-likeness (QED) is 0.355. The molecule has 2 aromatic rings. The van der Waals surface area contributed by atoms with Gasteiger partial charge in [0.2, 0.25) is 0 Å². The van der Waals surface area contributed by atoms with Crippen LogP contribution in [0, 0.1) is 11.8 Å². The maximum atomic E-state index is 13.4. The van der Waals surface area contributed by atoms with Gasteiger partial charge in [0, 0.05) is 18.6 Å². The molecule has 6 nitrogen and oxygen atoms in total. The van der Waals surface area contributed by atoms with Gasteiger partial charge in [0.15, 0.2) is 5.78 Å². The summed E-state index contributed by atoms with van der Waals surface area (Å²) in [4.78, 5) is 26.2. The van der Waals surface area contributed by atoms with Gasteiger partial charge in [0.05, 0.1) is 36.7 Å². The van der Waals surface area contributed by atoms with E-state index in [0.717, 1.165) is 12.0 Å². The molecule has 0 saturated carbocycles. The van der Waals surface area contributed by atoms with Crippen molar-refractivity contribution >= 4 is 21.2 Å². The highest BCUT2D eigenvalue weighted by Gasteiger charge is 2.35. The normalized spacial score (nSPS) is 12.7. The zero-order valence-corrected chi connectivity index (χ0v) is 19.9. The minimum atomic E-state index is -0.661. The lowest BCUT2D eigenvalue weighted by Crippen LogP contribution is -2.27. The number of hydrogen-bond acceptors (Lipinski definition) is 6. The molecule has 0 saturated heterocycles. The summed E-state index contributed by atoms with van der Waals surface area (Å²) in [7, 11) is 6.48. The lowest BCUT2D eigenvalue weighted by molar-refractivity contribution is -0.138. The third kappa shape index (κ3) is 6.20. The van der Waals surface area contributed by atoms with Gasteiger partial charge >= 0.3 is 5.97 Å². The second-order valence-corrected chi connectivity index (χ2v) is 7.96. The summed E-state index contributed by atoms with van der Waals surface area (Å²) in [5.41, 5.74) is 1.28. The molecule has 0 heterocycles. The molecule has 0 aromatic heterocycles. The maximum absolute atomic E-state index is 13.4. The van der Waals surface area contributed by atoms with E-state index in [1.165, 1.54) is 21.3 Å². The Morgan fingerprint density at radius 3 is 1.97 bits per heavy atom. The fraction of sp³-hybridized carbons (Fsp3) is 0.417. The van der Waals surface area contributed by atoms with Crippen molar-refractivity contribution in [3.8, 4) is 17.2 Å². The minimum Gasteiger partial charge on any atom is -0.496 e. The van der Waals surface area contributed by atoms with E-state index < -0.39 is 11.9 Å². The molecule has 3 unspecified atom stereocenters. The van der Waals surface area contributed by atoms with Gasteiger partial charge < -0.3 is 18.7 Å². The van der Waals surface area contributed by atoms with Crippen LogP contribution in [0.2, 0.25) is 0 Å². The third-order valence-corrected chi connectivity index (χ3v) is 5.49. The number of methoxy groups -OCH3 is 3. The second-order valence-electron chi connectivity index (χ2n) is 7.72. The summed E-state index contributed by atoms with van der Waals surface area (Å²) >= 11 is 0. The van der Waals surface area contributed by atoms with E-state index in [9.17, 15) is 9.59 Å². The van der Waals surface area contributed by atoms with Crippen LogP contribution in [-0.2, 0) is 9.32 Å². The molecule has 7 heteroatoms. The molecule has 0 aliphatic carbocycles. The van der Waals surface area contributed by atoms with Crippen molar-refractivity contribution in [3.63, 3.8) is 0 Å². The average molecular weight is 446 g/mol. The van der Waals surface area contributed by atoms with Crippen molar-refractivity contribution in [1.82, 2.24) is 0 Å². The molecule has 31 heavy (non-hydrogen) atoms. The number of ether oxygens (including phenoxy) is 3. The van der Waals surface area contributed by atoms with Crippen LogP contribution in [0.15, 0.2) is 42.5 Å². The van der Waals surface area contributed by atoms with Crippen LogP contribution in [0.5, 0.6) is 17.2 Å². The third-order valence-electron chi connectivity index (χ3n) is 5.26. The molecule has 0 spiro atoms. The van der Waals surface area contributed by atoms with Gasteiger partial charge in [-0.25, -0.2) is 0 Å². The second kappa shape index (κ2) is 11.7. The van der Waals surface area contributed by atoms with Crippen LogP contribution >= 0.6 is 9.47 Å². The van der Waals surface area contributed by atoms with Crippen molar-refractivity contribution in [1.29, 1.82) is 0 Å². The summed E-state index contributed by atoms with van der Waals surface area (Å²) in [5.74, 6) is -0.0440. The molecule has 3 atom stereocenters. The summed E-state index contributed by atoms with van der Waals surface area (Å²) in [6.45, 7) is 4.19. The van der Waals surface area contributed by atoms with Crippen LogP contribution < -0.4 is 14.2 Å². The zero-order valence-electron chi connectivity index (χ0n) is 18.7. The van der Waals surface area contributed by atoms with Gasteiger partial charge in [-0.15, -0.1) is 0 Å². The van der Waals surface area contributed by atoms with Crippen molar-refractivity contribution in [2.45, 2.75) is 32.6 Å². The molecule has 0 fully saturated rings. The highest BCUT2D eigenvalue weighted by molar-refractivity contribution is 7.10. The number of Topliss-reactive ketones (excluding diaryl/α,β-unsaturated/α-hetero) is 1. The first-order chi connectivity index (χ1) is 14.9. The molecule has 0 amide bonds. The molecule has 168 valence electrons. The Kier molecular flexibility index (Phi) is 9.32. The van der Waals surface area contributed by atoms with Gasteiger partial charge in [-0.3, -0.25) is 9.59 Å². The highest BCUT2D eigenvalue weighted by atomic mass is 31.0. The number of carbonyl (C=O) groups is 2. The number of benzene rings is 2.